The van der Waals surface area contributed by atoms with Gasteiger partial charge >= 0.3 is 0 Å². The molecule has 5 heteroatoms. The number of benzene rings is 2. The standard InChI is InChI=1S/C16H11FN4/c17-11-4-5-13-15(8-11)21(16(18)20-13)14-3-1-2-10-9-19-7-6-12(10)14/h1-9H,(H2,18,20). The largest absolute Gasteiger partial charge is 0.369 e. The zero-order valence-corrected chi connectivity index (χ0v) is 11.0. The zero-order chi connectivity index (χ0) is 14.4. The van der Waals surface area contributed by atoms with Crippen molar-refractivity contribution in [1.82, 2.24) is 14.5 Å². The Morgan fingerprint density at radius 3 is 2.90 bits per heavy atom. The van der Waals surface area contributed by atoms with E-state index in [1.807, 2.05) is 24.3 Å². The minimum absolute atomic E-state index is 0.314. The van der Waals surface area contributed by atoms with Crippen molar-refractivity contribution in [1.29, 1.82) is 0 Å². The third kappa shape index (κ3) is 1.74. The molecule has 0 atom stereocenters. The molecule has 4 aromatic rings. The molecule has 2 aromatic carbocycles. The Morgan fingerprint density at radius 1 is 1.10 bits per heavy atom. The quantitative estimate of drug-likeness (QED) is 0.581. The maximum absolute atomic E-state index is 13.6. The number of nitrogen functional groups attached to an aromatic ring is 1. The van der Waals surface area contributed by atoms with Crippen LogP contribution in [-0.4, -0.2) is 14.5 Å². The first-order chi connectivity index (χ1) is 10.2. The third-order valence-electron chi connectivity index (χ3n) is 3.54. The molecule has 0 aliphatic heterocycles. The van der Waals surface area contributed by atoms with Gasteiger partial charge in [0, 0.05) is 29.2 Å². The lowest BCUT2D eigenvalue weighted by Gasteiger charge is -2.10. The summed E-state index contributed by atoms with van der Waals surface area (Å²) in [6.45, 7) is 0. The predicted octanol–water partition coefficient (Wildman–Crippen LogP) is 3.30. The number of nitrogens with two attached hydrogens (primary N) is 1. The van der Waals surface area contributed by atoms with Crippen LogP contribution in [0.25, 0.3) is 27.5 Å². The number of hydrogen-bond donors (Lipinski definition) is 1. The SMILES string of the molecule is Nc1nc2ccc(F)cc2n1-c1cccc2cnccc12. The summed E-state index contributed by atoms with van der Waals surface area (Å²) in [5.41, 5.74) is 8.22. The van der Waals surface area contributed by atoms with Gasteiger partial charge in [0.15, 0.2) is 0 Å². The molecular weight excluding hydrogens is 267 g/mol. The van der Waals surface area contributed by atoms with Gasteiger partial charge in [-0.3, -0.25) is 9.55 Å². The van der Waals surface area contributed by atoms with Gasteiger partial charge in [0.2, 0.25) is 5.95 Å². The molecule has 0 aliphatic rings. The van der Waals surface area contributed by atoms with Crippen LogP contribution < -0.4 is 5.73 Å². The molecule has 2 aromatic heterocycles. The van der Waals surface area contributed by atoms with Crippen molar-refractivity contribution < 1.29 is 4.39 Å². The summed E-state index contributed by atoms with van der Waals surface area (Å²) in [5.74, 6) is 0.0189. The van der Waals surface area contributed by atoms with E-state index in [0.29, 0.717) is 17.0 Å². The van der Waals surface area contributed by atoms with E-state index in [1.54, 1.807) is 23.0 Å². The van der Waals surface area contributed by atoms with Gasteiger partial charge in [-0.1, -0.05) is 12.1 Å². The molecule has 2 N–H and O–H groups in total. The number of fused-ring (bicyclic) bond motifs is 2. The summed E-state index contributed by atoms with van der Waals surface area (Å²) in [6.07, 6.45) is 3.51. The molecule has 4 rings (SSSR count). The molecule has 21 heavy (non-hydrogen) atoms. The second-order valence-electron chi connectivity index (χ2n) is 4.81. The van der Waals surface area contributed by atoms with Crippen molar-refractivity contribution >= 4 is 27.8 Å². The number of aromatic nitrogens is 3. The van der Waals surface area contributed by atoms with Crippen LogP contribution in [0.15, 0.2) is 54.9 Å². The second-order valence-corrected chi connectivity index (χ2v) is 4.81. The van der Waals surface area contributed by atoms with E-state index in [-0.39, 0.29) is 5.82 Å². The Labute approximate surface area is 119 Å². The van der Waals surface area contributed by atoms with Gasteiger partial charge in [-0.25, -0.2) is 9.37 Å². The molecule has 0 radical (unpaired) electrons. The highest BCUT2D eigenvalue weighted by Gasteiger charge is 2.12. The van der Waals surface area contributed by atoms with Crippen LogP contribution in [0.3, 0.4) is 0 Å². The summed E-state index contributed by atoms with van der Waals surface area (Å²) in [4.78, 5) is 8.41. The molecular formula is C16H11FN4. The van der Waals surface area contributed by atoms with Gasteiger partial charge in [-0.15, -0.1) is 0 Å². The Morgan fingerprint density at radius 2 is 2.00 bits per heavy atom. The maximum Gasteiger partial charge on any atom is 0.205 e. The molecule has 0 unspecified atom stereocenters. The van der Waals surface area contributed by atoms with E-state index in [1.165, 1.54) is 12.1 Å². The normalized spacial score (nSPS) is 11.3. The summed E-state index contributed by atoms with van der Waals surface area (Å²) in [7, 11) is 0. The lowest BCUT2D eigenvalue weighted by Crippen LogP contribution is -2.01. The minimum atomic E-state index is -0.314. The fourth-order valence-electron chi connectivity index (χ4n) is 2.62. The average molecular weight is 278 g/mol. The molecule has 0 bridgehead atoms. The first kappa shape index (κ1) is 11.8. The fraction of sp³-hybridized carbons (Fsp3) is 0. The highest BCUT2D eigenvalue weighted by atomic mass is 19.1. The molecule has 0 saturated heterocycles. The number of halogens is 1. The predicted molar refractivity (Wildman–Crippen MR) is 80.7 cm³/mol. The van der Waals surface area contributed by atoms with Gasteiger partial charge < -0.3 is 5.73 Å². The second kappa shape index (κ2) is 4.28. The van der Waals surface area contributed by atoms with Crippen LogP contribution in [0.2, 0.25) is 0 Å². The van der Waals surface area contributed by atoms with Gasteiger partial charge in [-0.05, 0) is 24.3 Å². The average Bonchev–Trinajstić information content (AvgIpc) is 2.82. The lowest BCUT2D eigenvalue weighted by atomic mass is 10.1. The van der Waals surface area contributed by atoms with Crippen molar-refractivity contribution in [3.8, 4) is 5.69 Å². The van der Waals surface area contributed by atoms with E-state index in [9.17, 15) is 4.39 Å². The summed E-state index contributed by atoms with van der Waals surface area (Å²) < 4.78 is 15.3. The number of rotatable bonds is 1. The number of imidazole rings is 1. The topological polar surface area (TPSA) is 56.7 Å². The molecule has 4 nitrogen and oxygen atoms in total. The van der Waals surface area contributed by atoms with Crippen LogP contribution in [0.4, 0.5) is 10.3 Å². The third-order valence-corrected chi connectivity index (χ3v) is 3.54. The first-order valence-electron chi connectivity index (χ1n) is 6.50. The number of anilines is 1. The van der Waals surface area contributed by atoms with E-state index in [4.69, 9.17) is 5.73 Å². The number of pyridine rings is 1. The highest BCUT2D eigenvalue weighted by Crippen LogP contribution is 2.28. The highest BCUT2D eigenvalue weighted by molar-refractivity contribution is 5.92. The monoisotopic (exact) mass is 278 g/mol. The van der Waals surface area contributed by atoms with E-state index in [2.05, 4.69) is 9.97 Å². The van der Waals surface area contributed by atoms with Crippen LogP contribution >= 0.6 is 0 Å². The van der Waals surface area contributed by atoms with Crippen LogP contribution in [-0.2, 0) is 0 Å². The van der Waals surface area contributed by atoms with Gasteiger partial charge in [0.05, 0.1) is 16.7 Å². The van der Waals surface area contributed by atoms with E-state index >= 15 is 0 Å². The zero-order valence-electron chi connectivity index (χ0n) is 11.0. The minimum Gasteiger partial charge on any atom is -0.369 e. The number of nitrogens with zero attached hydrogens (tertiary/aromatic N) is 3. The van der Waals surface area contributed by atoms with Crippen molar-refractivity contribution in [3.05, 3.63) is 60.7 Å². The van der Waals surface area contributed by atoms with E-state index in [0.717, 1.165) is 16.5 Å². The molecule has 0 saturated carbocycles. The Bertz CT molecular complexity index is 969. The Hall–Kier alpha value is -2.95. The molecule has 102 valence electrons. The lowest BCUT2D eigenvalue weighted by molar-refractivity contribution is 0.629. The van der Waals surface area contributed by atoms with E-state index < -0.39 is 0 Å². The Kier molecular flexibility index (Phi) is 2.41. The molecule has 0 amide bonds. The molecule has 0 fully saturated rings. The summed E-state index contributed by atoms with van der Waals surface area (Å²) in [6, 6.07) is 12.2. The van der Waals surface area contributed by atoms with Crippen molar-refractivity contribution in [3.63, 3.8) is 0 Å². The maximum atomic E-state index is 13.6. The molecule has 0 aliphatic carbocycles. The van der Waals surface area contributed by atoms with Crippen LogP contribution in [0.1, 0.15) is 0 Å². The molecule has 0 spiro atoms. The van der Waals surface area contributed by atoms with Crippen molar-refractivity contribution in [2.75, 3.05) is 5.73 Å². The Balaban J connectivity index is 2.14. The molecule has 2 heterocycles. The smallest absolute Gasteiger partial charge is 0.205 e. The van der Waals surface area contributed by atoms with Gasteiger partial charge in [0.1, 0.15) is 5.82 Å². The van der Waals surface area contributed by atoms with Crippen LogP contribution in [0, 0.1) is 5.82 Å². The van der Waals surface area contributed by atoms with Crippen LogP contribution in [0.5, 0.6) is 0 Å². The van der Waals surface area contributed by atoms with Crippen molar-refractivity contribution in [2.45, 2.75) is 0 Å². The first-order valence-corrected chi connectivity index (χ1v) is 6.50. The van der Waals surface area contributed by atoms with Gasteiger partial charge in [-0.2, -0.15) is 0 Å². The summed E-state index contributed by atoms with van der Waals surface area (Å²) >= 11 is 0. The van der Waals surface area contributed by atoms with Crippen molar-refractivity contribution in [2.24, 2.45) is 0 Å². The number of hydrogen-bond acceptors (Lipinski definition) is 3. The fourth-order valence-corrected chi connectivity index (χ4v) is 2.62. The van der Waals surface area contributed by atoms with Gasteiger partial charge in [0.25, 0.3) is 0 Å². The summed E-state index contributed by atoms with van der Waals surface area (Å²) in [5, 5.41) is 1.98.